The minimum absolute atomic E-state index is 0.0560. The maximum absolute atomic E-state index is 14.0. The average molecular weight is 431 g/mol. The summed E-state index contributed by atoms with van der Waals surface area (Å²) in [6.45, 7) is 0. The number of imidazole rings is 1. The van der Waals surface area contributed by atoms with Crippen LogP contribution in [0.15, 0.2) is 72.4 Å². The Morgan fingerprint density at radius 2 is 1.94 bits per heavy atom. The molecule has 0 saturated heterocycles. The summed E-state index contributed by atoms with van der Waals surface area (Å²) in [6.07, 6.45) is 2.23. The van der Waals surface area contributed by atoms with Gasteiger partial charge in [0.2, 0.25) is 5.95 Å². The Morgan fingerprint density at radius 1 is 1.13 bits per heavy atom. The molecule has 0 fully saturated rings. The van der Waals surface area contributed by atoms with Gasteiger partial charge in [-0.1, -0.05) is 0 Å². The highest BCUT2D eigenvalue weighted by atomic mass is 19.4. The van der Waals surface area contributed by atoms with E-state index in [1.807, 2.05) is 0 Å². The molecule has 158 valence electrons. The molecule has 0 radical (unpaired) electrons. The molecule has 3 N–H and O–H groups in total. The van der Waals surface area contributed by atoms with Crippen LogP contribution in [-0.4, -0.2) is 15.0 Å². The van der Waals surface area contributed by atoms with Crippen molar-refractivity contribution < 1.29 is 27.2 Å². The van der Waals surface area contributed by atoms with Gasteiger partial charge in [-0.05, 0) is 42.5 Å². The summed E-state index contributed by atoms with van der Waals surface area (Å²) in [5.41, 5.74) is 2.66. The fourth-order valence-corrected chi connectivity index (χ4v) is 3.06. The van der Waals surface area contributed by atoms with Crippen LogP contribution in [-0.2, 0) is 11.1 Å². The number of nitrogens with one attached hydrogen (secondary N) is 3. The highest BCUT2D eigenvalue weighted by Gasteiger charge is 2.32. The number of alkyl halides is 3. The summed E-state index contributed by atoms with van der Waals surface area (Å²) in [4.78, 5) is 11.7. The fourth-order valence-electron chi connectivity index (χ4n) is 3.06. The van der Waals surface area contributed by atoms with Crippen LogP contribution in [0.25, 0.3) is 11.0 Å². The molecule has 2 aliphatic heterocycles. The molecule has 2 aliphatic rings. The molecular weight excluding hydrogens is 418 g/mol. The summed E-state index contributed by atoms with van der Waals surface area (Å²) >= 11 is 0. The Bertz CT molecular complexity index is 1240. The third-order valence-corrected chi connectivity index (χ3v) is 4.50. The quantitative estimate of drug-likeness (QED) is 0.513. The van der Waals surface area contributed by atoms with Crippen LogP contribution < -0.4 is 15.5 Å². The molecule has 0 amide bonds. The van der Waals surface area contributed by atoms with Crippen molar-refractivity contribution in [3.63, 3.8) is 0 Å². The van der Waals surface area contributed by atoms with Crippen LogP contribution in [0.4, 0.5) is 29.2 Å². The van der Waals surface area contributed by atoms with Crippen LogP contribution in [0.5, 0.6) is 5.75 Å². The summed E-state index contributed by atoms with van der Waals surface area (Å²) in [5.74, 6) is 0.223. The lowest BCUT2D eigenvalue weighted by atomic mass is 10.2. The van der Waals surface area contributed by atoms with E-state index in [0.717, 1.165) is 11.8 Å². The van der Waals surface area contributed by atoms with Crippen molar-refractivity contribution in [1.29, 1.82) is 0 Å². The molecule has 0 bridgehead atoms. The number of hydroxylamine groups is 3. The monoisotopic (exact) mass is 431 g/mol. The van der Waals surface area contributed by atoms with Crippen molar-refractivity contribution in [1.82, 2.24) is 20.5 Å². The Labute approximate surface area is 172 Å². The first-order valence-electron chi connectivity index (χ1n) is 8.98. The minimum atomic E-state index is -4.65. The summed E-state index contributed by atoms with van der Waals surface area (Å²) in [6, 6.07) is 8.03. The lowest BCUT2D eigenvalue weighted by Gasteiger charge is -2.17. The first kappa shape index (κ1) is 19.0. The molecule has 11 heteroatoms. The average Bonchev–Trinajstić information content (AvgIpc) is 3.35. The highest BCUT2D eigenvalue weighted by Crippen LogP contribution is 2.33. The topological polar surface area (TPSA) is 74.4 Å². The van der Waals surface area contributed by atoms with Gasteiger partial charge in [-0.2, -0.15) is 18.1 Å². The lowest BCUT2D eigenvalue weighted by Crippen LogP contribution is -2.16. The number of benzene rings is 2. The van der Waals surface area contributed by atoms with E-state index in [-0.39, 0.29) is 17.0 Å². The van der Waals surface area contributed by atoms with E-state index in [4.69, 9.17) is 9.68 Å². The van der Waals surface area contributed by atoms with Gasteiger partial charge in [-0.3, -0.25) is 0 Å². The van der Waals surface area contributed by atoms with Crippen LogP contribution >= 0.6 is 0 Å². The van der Waals surface area contributed by atoms with Crippen LogP contribution in [0, 0.1) is 5.82 Å². The van der Waals surface area contributed by atoms with Crippen LogP contribution in [0.2, 0.25) is 0 Å². The molecule has 2 aromatic carbocycles. The first-order chi connectivity index (χ1) is 14.8. The van der Waals surface area contributed by atoms with Crippen molar-refractivity contribution in [3.05, 3.63) is 83.8 Å². The molecule has 0 spiro atoms. The van der Waals surface area contributed by atoms with Crippen molar-refractivity contribution in [2.45, 2.75) is 6.18 Å². The van der Waals surface area contributed by atoms with Gasteiger partial charge in [0, 0.05) is 18.0 Å². The Kier molecular flexibility index (Phi) is 4.33. The number of aromatic amines is 1. The molecule has 0 saturated carbocycles. The van der Waals surface area contributed by atoms with Gasteiger partial charge < -0.3 is 15.0 Å². The number of fused-ring (bicyclic) bond motifs is 2. The second kappa shape index (κ2) is 7.06. The molecular formula is C20H13F4N5O2. The normalized spacial score (nSPS) is 15.4. The van der Waals surface area contributed by atoms with Gasteiger partial charge in [0.25, 0.3) is 0 Å². The number of hydrogen-bond donors (Lipinski definition) is 3. The van der Waals surface area contributed by atoms with Gasteiger partial charge in [0.1, 0.15) is 17.0 Å². The number of nitrogens with zero attached hydrogens (tertiary/aromatic N) is 2. The Balaban J connectivity index is 1.31. The first-order valence-corrected chi connectivity index (χ1v) is 8.98. The number of anilines is 2. The van der Waals surface area contributed by atoms with Gasteiger partial charge in [0.15, 0.2) is 5.82 Å². The molecule has 7 nitrogen and oxygen atoms in total. The third kappa shape index (κ3) is 3.78. The molecule has 1 aromatic heterocycles. The van der Waals surface area contributed by atoms with E-state index < -0.39 is 17.6 Å². The zero-order valence-electron chi connectivity index (χ0n) is 15.5. The largest absolute Gasteiger partial charge is 0.457 e. The maximum Gasteiger partial charge on any atom is 0.416 e. The van der Waals surface area contributed by atoms with E-state index in [1.54, 1.807) is 48.8 Å². The van der Waals surface area contributed by atoms with E-state index in [0.29, 0.717) is 23.3 Å². The second-order valence-electron chi connectivity index (χ2n) is 6.66. The van der Waals surface area contributed by atoms with Gasteiger partial charge in [0.05, 0.1) is 23.0 Å². The zero-order valence-corrected chi connectivity index (χ0v) is 15.5. The van der Waals surface area contributed by atoms with E-state index >= 15 is 0 Å². The zero-order chi connectivity index (χ0) is 21.6. The Hall–Kier alpha value is -3.99. The number of hydrogen-bond acceptors (Lipinski definition) is 6. The van der Waals surface area contributed by atoms with E-state index in [2.05, 4.69) is 20.8 Å². The van der Waals surface area contributed by atoms with Gasteiger partial charge >= 0.3 is 6.18 Å². The number of H-pyrrole nitrogens is 1. The minimum Gasteiger partial charge on any atom is -0.457 e. The molecule has 3 heterocycles. The Morgan fingerprint density at radius 3 is 2.71 bits per heavy atom. The number of allylic oxidation sites excluding steroid dienone is 2. The third-order valence-electron chi connectivity index (χ3n) is 4.50. The molecule has 0 atom stereocenters. The standard InChI is InChI=1S/C20H13F4N5O2/c21-16-7-11(20(22,23)24)8-17-18(16)28-19(27-17)26-12-1-3-14(4-2-12)30-15-5-6-29-13(9-15)10-25-31-29/h1-10,25H,(H2,26,27,28). The lowest BCUT2D eigenvalue weighted by molar-refractivity contribution is -0.137. The highest BCUT2D eigenvalue weighted by molar-refractivity contribution is 5.80. The molecule has 0 aliphatic carbocycles. The van der Waals surface area contributed by atoms with E-state index in [1.165, 1.54) is 5.06 Å². The fraction of sp³-hybridized carbons (Fsp3) is 0.0500. The number of ether oxygens (including phenoxy) is 1. The summed E-state index contributed by atoms with van der Waals surface area (Å²) < 4.78 is 58.4. The smallest absolute Gasteiger partial charge is 0.416 e. The van der Waals surface area contributed by atoms with Gasteiger partial charge in [-0.15, -0.1) is 0 Å². The van der Waals surface area contributed by atoms with Crippen LogP contribution in [0.1, 0.15) is 5.56 Å². The molecule has 31 heavy (non-hydrogen) atoms. The molecule has 0 unspecified atom stereocenters. The van der Waals surface area contributed by atoms with Crippen molar-refractivity contribution in [2.75, 3.05) is 5.32 Å². The van der Waals surface area contributed by atoms with Crippen molar-refractivity contribution >= 4 is 22.7 Å². The predicted molar refractivity (Wildman–Crippen MR) is 103 cm³/mol. The summed E-state index contributed by atoms with van der Waals surface area (Å²) in [7, 11) is 0. The second-order valence-corrected chi connectivity index (χ2v) is 6.66. The maximum atomic E-state index is 14.0. The molecule has 5 rings (SSSR count). The van der Waals surface area contributed by atoms with Gasteiger partial charge in [-0.25, -0.2) is 19.9 Å². The predicted octanol–water partition coefficient (Wildman–Crippen LogP) is 4.85. The van der Waals surface area contributed by atoms with Crippen molar-refractivity contribution in [3.8, 4) is 5.75 Å². The molecule has 3 aromatic rings. The van der Waals surface area contributed by atoms with Crippen molar-refractivity contribution in [2.24, 2.45) is 0 Å². The van der Waals surface area contributed by atoms with E-state index in [9.17, 15) is 17.6 Å². The number of rotatable bonds is 4. The summed E-state index contributed by atoms with van der Waals surface area (Å²) in [5, 5.41) is 4.44. The number of halogens is 4. The SMILES string of the molecule is Fc1cc(C(F)(F)F)cc2[nH]c(Nc3ccc(OC4=CC5=CNON5C=C4)cc3)nc12. The van der Waals surface area contributed by atoms with Crippen LogP contribution in [0.3, 0.4) is 0 Å². The number of aromatic nitrogens is 2.